The maximum atomic E-state index is 14.1. The van der Waals surface area contributed by atoms with E-state index < -0.39 is 11.1 Å². The molecule has 9 nitrogen and oxygen atoms in total. The van der Waals surface area contributed by atoms with E-state index in [1.807, 2.05) is 65.0 Å². The van der Waals surface area contributed by atoms with Crippen LogP contribution in [0.15, 0.2) is 65.0 Å². The van der Waals surface area contributed by atoms with Crippen LogP contribution in [0, 0.1) is 6.92 Å². The van der Waals surface area contributed by atoms with Crippen LogP contribution in [0.5, 0.6) is 0 Å². The second kappa shape index (κ2) is 11.1. The van der Waals surface area contributed by atoms with Gasteiger partial charge in [0.25, 0.3) is 5.56 Å². The summed E-state index contributed by atoms with van der Waals surface area (Å²) in [6.07, 6.45) is 5.23. The van der Waals surface area contributed by atoms with Gasteiger partial charge in [-0.25, -0.2) is 4.98 Å². The van der Waals surface area contributed by atoms with Crippen LogP contribution in [-0.4, -0.2) is 46.3 Å². The number of aryl methyl sites for hydroxylation is 2. The van der Waals surface area contributed by atoms with Crippen molar-refractivity contribution in [2.75, 3.05) is 0 Å². The molecule has 0 amide bonds. The van der Waals surface area contributed by atoms with Gasteiger partial charge in [-0.15, -0.1) is 20.5 Å². The second-order valence-electron chi connectivity index (χ2n) is 11.9. The summed E-state index contributed by atoms with van der Waals surface area (Å²) in [5.74, 6) is 1.22. The zero-order valence-electron chi connectivity index (χ0n) is 24.7. The van der Waals surface area contributed by atoms with Crippen molar-refractivity contribution in [2.45, 2.75) is 84.8 Å². The van der Waals surface area contributed by atoms with E-state index in [0.29, 0.717) is 24.6 Å². The van der Waals surface area contributed by atoms with Gasteiger partial charge in [0, 0.05) is 17.5 Å². The first-order valence-electron chi connectivity index (χ1n) is 14.2. The summed E-state index contributed by atoms with van der Waals surface area (Å²) in [4.78, 5) is 19.0. The molecule has 41 heavy (non-hydrogen) atoms. The maximum absolute atomic E-state index is 14.1. The average molecular weight is 553 g/mol. The Bertz CT molecular complexity index is 1620. The molecule has 3 heterocycles. The molecule has 4 aromatic rings. The van der Waals surface area contributed by atoms with Gasteiger partial charge >= 0.3 is 0 Å². The van der Waals surface area contributed by atoms with Crippen molar-refractivity contribution in [3.63, 3.8) is 0 Å². The third-order valence-corrected chi connectivity index (χ3v) is 8.14. The molecule has 1 radical (unpaired) electrons. The normalized spacial score (nSPS) is 16.2. The highest BCUT2D eigenvalue weighted by Crippen LogP contribution is 2.39. The standard InChI is InChI=1S/C32H38N7O2/c1-7-8-13-28-27(30(40)38(21(2)33-28)20-24-19-31(3,4)39(41)32(24,5)6)18-22-14-16-23(17-15-22)25-11-9-10-12-26(25)29-34-36-37-35-29/h9-12,14-17,19H,7-8,13,18,20H2,1-6H3,(H,34,35,36,37). The van der Waals surface area contributed by atoms with E-state index in [1.165, 1.54) is 0 Å². The first kappa shape index (κ1) is 28.6. The SMILES string of the molecule is CCCCc1nc(C)n(CC2=CC(C)(C)N([O])C2(C)C)c(=O)c1Cc1ccc(-c2ccccc2-c2nn[nH]n2)cc1. The number of benzene rings is 2. The molecule has 213 valence electrons. The summed E-state index contributed by atoms with van der Waals surface area (Å²) < 4.78 is 1.74. The fraction of sp³-hybridized carbons (Fsp3) is 0.406. The van der Waals surface area contributed by atoms with E-state index in [2.05, 4.69) is 51.8 Å². The van der Waals surface area contributed by atoms with Gasteiger partial charge in [0.15, 0.2) is 0 Å². The molecule has 0 spiro atoms. The summed E-state index contributed by atoms with van der Waals surface area (Å²) in [6, 6.07) is 16.2. The van der Waals surface area contributed by atoms with Crippen LogP contribution in [0.1, 0.15) is 70.1 Å². The van der Waals surface area contributed by atoms with E-state index in [0.717, 1.165) is 63.4 Å². The number of hydroxylamine groups is 2. The Morgan fingerprint density at radius 2 is 1.68 bits per heavy atom. The molecule has 1 aliphatic rings. The third-order valence-electron chi connectivity index (χ3n) is 8.14. The van der Waals surface area contributed by atoms with Crippen LogP contribution < -0.4 is 5.56 Å². The van der Waals surface area contributed by atoms with Crippen molar-refractivity contribution in [1.82, 2.24) is 35.2 Å². The van der Waals surface area contributed by atoms with Gasteiger partial charge in [-0.3, -0.25) is 9.36 Å². The van der Waals surface area contributed by atoms with Crippen molar-refractivity contribution < 1.29 is 5.21 Å². The van der Waals surface area contributed by atoms with E-state index in [9.17, 15) is 10.0 Å². The molecular formula is C32H38N7O2. The fourth-order valence-electron chi connectivity index (χ4n) is 5.81. The van der Waals surface area contributed by atoms with Gasteiger partial charge in [0.2, 0.25) is 5.82 Å². The first-order valence-corrected chi connectivity index (χ1v) is 14.2. The molecule has 0 saturated carbocycles. The smallest absolute Gasteiger partial charge is 0.257 e. The van der Waals surface area contributed by atoms with Gasteiger partial charge in [0.05, 0.1) is 23.3 Å². The van der Waals surface area contributed by atoms with Crippen LogP contribution in [0.25, 0.3) is 22.5 Å². The van der Waals surface area contributed by atoms with Crippen molar-refractivity contribution in [3.05, 3.63) is 93.2 Å². The van der Waals surface area contributed by atoms with Crippen molar-refractivity contribution in [1.29, 1.82) is 0 Å². The van der Waals surface area contributed by atoms with Crippen molar-refractivity contribution >= 4 is 0 Å². The van der Waals surface area contributed by atoms with Gasteiger partial charge < -0.3 is 0 Å². The predicted molar refractivity (Wildman–Crippen MR) is 158 cm³/mol. The molecular weight excluding hydrogens is 514 g/mol. The number of H-pyrrole nitrogens is 1. The summed E-state index contributed by atoms with van der Waals surface area (Å²) in [7, 11) is 0. The van der Waals surface area contributed by atoms with Gasteiger partial charge in [-0.1, -0.05) is 68.0 Å². The Morgan fingerprint density at radius 1 is 0.976 bits per heavy atom. The lowest BCUT2D eigenvalue weighted by molar-refractivity contribution is -0.238. The van der Waals surface area contributed by atoms with Crippen LogP contribution in [-0.2, 0) is 24.6 Å². The number of tetrazole rings is 1. The van der Waals surface area contributed by atoms with Crippen LogP contribution in [0.3, 0.4) is 0 Å². The van der Waals surface area contributed by atoms with Gasteiger partial charge in [-0.2, -0.15) is 5.21 Å². The fourth-order valence-corrected chi connectivity index (χ4v) is 5.81. The number of nitrogens with one attached hydrogen (secondary N) is 1. The minimum Gasteiger partial charge on any atom is -0.292 e. The largest absolute Gasteiger partial charge is 0.292 e. The molecule has 5 rings (SSSR count). The summed E-state index contributed by atoms with van der Waals surface area (Å²) in [5.41, 5.74) is 5.11. The zero-order chi connectivity index (χ0) is 29.4. The number of hydrogen-bond donors (Lipinski definition) is 1. The summed E-state index contributed by atoms with van der Waals surface area (Å²) in [6.45, 7) is 12.0. The van der Waals surface area contributed by atoms with E-state index in [4.69, 9.17) is 4.98 Å². The van der Waals surface area contributed by atoms with Crippen molar-refractivity contribution in [3.8, 4) is 22.5 Å². The molecule has 2 aromatic heterocycles. The lowest BCUT2D eigenvalue weighted by Crippen LogP contribution is -2.47. The Labute approximate surface area is 240 Å². The van der Waals surface area contributed by atoms with Crippen LogP contribution >= 0.6 is 0 Å². The van der Waals surface area contributed by atoms with E-state index in [1.54, 1.807) is 4.57 Å². The minimum atomic E-state index is -0.704. The highest BCUT2D eigenvalue weighted by Gasteiger charge is 2.46. The number of hydrogen-bond acceptors (Lipinski definition) is 6. The van der Waals surface area contributed by atoms with Gasteiger partial charge in [0.1, 0.15) is 5.82 Å². The molecule has 0 unspecified atom stereocenters. The highest BCUT2D eigenvalue weighted by atomic mass is 16.5. The minimum absolute atomic E-state index is 0.0333. The average Bonchev–Trinajstić information content (AvgIpc) is 3.54. The Kier molecular flexibility index (Phi) is 7.76. The van der Waals surface area contributed by atoms with E-state index in [-0.39, 0.29) is 5.56 Å². The molecule has 0 fully saturated rings. The molecule has 9 heteroatoms. The molecule has 0 aliphatic carbocycles. The van der Waals surface area contributed by atoms with Crippen LogP contribution in [0.2, 0.25) is 0 Å². The van der Waals surface area contributed by atoms with Crippen LogP contribution in [0.4, 0.5) is 0 Å². The van der Waals surface area contributed by atoms with Gasteiger partial charge in [-0.05, 0) is 74.9 Å². The zero-order valence-corrected chi connectivity index (χ0v) is 24.7. The summed E-state index contributed by atoms with van der Waals surface area (Å²) >= 11 is 0. The number of unbranched alkanes of at least 4 members (excludes halogenated alkanes) is 1. The highest BCUT2D eigenvalue weighted by molar-refractivity contribution is 5.80. The third kappa shape index (κ3) is 5.52. The number of aromatic amines is 1. The Morgan fingerprint density at radius 3 is 2.29 bits per heavy atom. The number of nitrogens with zero attached hydrogens (tertiary/aromatic N) is 6. The molecule has 1 aliphatic heterocycles. The van der Waals surface area contributed by atoms with Crippen molar-refractivity contribution in [2.24, 2.45) is 0 Å². The maximum Gasteiger partial charge on any atom is 0.257 e. The second-order valence-corrected chi connectivity index (χ2v) is 11.9. The number of aromatic nitrogens is 6. The topological polar surface area (TPSA) is 112 Å². The lowest BCUT2D eigenvalue weighted by Gasteiger charge is -2.34. The molecule has 0 atom stereocenters. The first-order chi connectivity index (χ1) is 19.5. The lowest BCUT2D eigenvalue weighted by atomic mass is 9.95. The molecule has 2 aromatic carbocycles. The van der Waals surface area contributed by atoms with E-state index >= 15 is 0 Å². The monoisotopic (exact) mass is 552 g/mol. The predicted octanol–water partition coefficient (Wildman–Crippen LogP) is 5.48. The number of rotatable bonds is 9. The quantitative estimate of drug-likeness (QED) is 0.275. The molecule has 0 bridgehead atoms. The molecule has 0 saturated heterocycles. The summed E-state index contributed by atoms with van der Waals surface area (Å²) in [5, 5.41) is 28.6. The Hall–Kier alpha value is -3.95. The molecule has 1 N–H and O–H groups in total. The Balaban J connectivity index is 1.49.